The van der Waals surface area contributed by atoms with Gasteiger partial charge in [0.15, 0.2) is 0 Å². The fourth-order valence-electron chi connectivity index (χ4n) is 4.53. The van der Waals surface area contributed by atoms with E-state index < -0.39 is 35.5 Å². The van der Waals surface area contributed by atoms with Gasteiger partial charge in [-0.2, -0.15) is 0 Å². The molecule has 0 heterocycles. The monoisotopic (exact) mass is 576 g/mol. The molecule has 4 amide bonds. The maximum atomic E-state index is 13.5. The van der Waals surface area contributed by atoms with E-state index in [0.717, 1.165) is 22.3 Å². The highest BCUT2D eigenvalue weighted by atomic mass is 16.2. The van der Waals surface area contributed by atoms with Crippen molar-refractivity contribution in [1.29, 1.82) is 0 Å². The second-order valence-corrected chi connectivity index (χ2v) is 10.2. The molecule has 43 heavy (non-hydrogen) atoms. The van der Waals surface area contributed by atoms with Crippen LogP contribution in [0.3, 0.4) is 0 Å². The van der Waals surface area contributed by atoms with Gasteiger partial charge in [0, 0.05) is 26.2 Å². The van der Waals surface area contributed by atoms with Gasteiger partial charge in [-0.3, -0.25) is 19.2 Å². The van der Waals surface area contributed by atoms with Crippen molar-refractivity contribution in [3.05, 3.63) is 144 Å². The maximum absolute atomic E-state index is 13.5. The minimum atomic E-state index is -1.29. The zero-order valence-corrected chi connectivity index (χ0v) is 23.9. The minimum absolute atomic E-state index is 0.202. The standard InChI is InChI=1S/C35H36N4O4/c40-32(36-22-26-13-5-1-6-14-26)30(33(41)37-23-27-15-7-2-8-16-27)21-31(34(42)38-24-28-17-9-3-10-18-28)35(43)39-25-29-19-11-4-12-20-29/h1-20,30-31H,21-25H2,(H,36,40)(H,37,41)(H,38,42)(H,39,43). The molecule has 0 bridgehead atoms. The van der Waals surface area contributed by atoms with E-state index in [0.29, 0.717) is 0 Å². The van der Waals surface area contributed by atoms with Crippen molar-refractivity contribution in [2.45, 2.75) is 32.6 Å². The van der Waals surface area contributed by atoms with Gasteiger partial charge in [0.05, 0.1) is 0 Å². The molecular weight excluding hydrogens is 540 g/mol. The van der Waals surface area contributed by atoms with Gasteiger partial charge in [0.2, 0.25) is 23.6 Å². The lowest BCUT2D eigenvalue weighted by Crippen LogP contribution is -2.47. The molecule has 0 saturated carbocycles. The van der Waals surface area contributed by atoms with Crippen molar-refractivity contribution in [3.8, 4) is 0 Å². The van der Waals surface area contributed by atoms with Gasteiger partial charge >= 0.3 is 0 Å². The van der Waals surface area contributed by atoms with Crippen molar-refractivity contribution >= 4 is 23.6 Å². The van der Waals surface area contributed by atoms with E-state index in [1.807, 2.05) is 121 Å². The fourth-order valence-corrected chi connectivity index (χ4v) is 4.53. The number of nitrogens with one attached hydrogen (secondary N) is 4. The Morgan fingerprint density at radius 1 is 0.372 bits per heavy atom. The summed E-state index contributed by atoms with van der Waals surface area (Å²) in [6.07, 6.45) is -0.303. The predicted octanol–water partition coefficient (Wildman–Crippen LogP) is 3.87. The number of hydrogen-bond donors (Lipinski definition) is 4. The largest absolute Gasteiger partial charge is 0.351 e. The molecule has 4 aromatic rings. The Labute approximate surface area is 251 Å². The maximum Gasteiger partial charge on any atom is 0.232 e. The quantitative estimate of drug-likeness (QED) is 0.171. The number of carbonyl (C=O) groups excluding carboxylic acids is 4. The van der Waals surface area contributed by atoms with Crippen LogP contribution in [0.2, 0.25) is 0 Å². The first kappa shape index (κ1) is 30.7. The van der Waals surface area contributed by atoms with Gasteiger partial charge in [-0.15, -0.1) is 0 Å². The summed E-state index contributed by atoms with van der Waals surface area (Å²) in [6, 6.07) is 37.2. The summed E-state index contributed by atoms with van der Waals surface area (Å²) in [7, 11) is 0. The first-order valence-electron chi connectivity index (χ1n) is 14.3. The van der Waals surface area contributed by atoms with Crippen LogP contribution in [-0.2, 0) is 45.4 Å². The van der Waals surface area contributed by atoms with E-state index in [1.165, 1.54) is 0 Å². The van der Waals surface area contributed by atoms with Gasteiger partial charge in [0.1, 0.15) is 11.8 Å². The molecule has 4 N–H and O–H groups in total. The van der Waals surface area contributed by atoms with Gasteiger partial charge in [-0.1, -0.05) is 121 Å². The number of benzene rings is 4. The third-order valence-electron chi connectivity index (χ3n) is 6.98. The fraction of sp³-hybridized carbons (Fsp3) is 0.200. The van der Waals surface area contributed by atoms with Crippen LogP contribution in [0.5, 0.6) is 0 Å². The van der Waals surface area contributed by atoms with Crippen LogP contribution in [0, 0.1) is 11.8 Å². The summed E-state index contributed by atoms with van der Waals surface area (Å²) < 4.78 is 0. The molecule has 8 nitrogen and oxygen atoms in total. The smallest absolute Gasteiger partial charge is 0.232 e. The molecule has 0 spiro atoms. The summed E-state index contributed by atoms with van der Waals surface area (Å²) in [6.45, 7) is 0.806. The van der Waals surface area contributed by atoms with Crippen LogP contribution < -0.4 is 21.3 Å². The number of carbonyl (C=O) groups is 4. The second-order valence-electron chi connectivity index (χ2n) is 10.2. The van der Waals surface area contributed by atoms with Gasteiger partial charge in [-0.25, -0.2) is 0 Å². The van der Waals surface area contributed by atoms with Crippen molar-refractivity contribution in [2.75, 3.05) is 0 Å². The third-order valence-corrected chi connectivity index (χ3v) is 6.98. The van der Waals surface area contributed by atoms with Gasteiger partial charge < -0.3 is 21.3 Å². The molecule has 4 rings (SSSR count). The van der Waals surface area contributed by atoms with Crippen LogP contribution >= 0.6 is 0 Å². The Bertz CT molecular complexity index is 1240. The third kappa shape index (κ3) is 9.97. The number of rotatable bonds is 14. The average Bonchev–Trinajstić information content (AvgIpc) is 3.06. The number of amides is 4. The Morgan fingerprint density at radius 3 is 0.791 bits per heavy atom. The first-order valence-corrected chi connectivity index (χ1v) is 14.3. The Kier molecular flexibility index (Phi) is 11.6. The highest BCUT2D eigenvalue weighted by molar-refractivity contribution is 6.04. The summed E-state index contributed by atoms with van der Waals surface area (Å²) >= 11 is 0. The van der Waals surface area contributed by atoms with Crippen LogP contribution in [0.1, 0.15) is 28.7 Å². The molecule has 8 heteroatoms. The molecule has 0 fully saturated rings. The SMILES string of the molecule is O=C(NCc1ccccc1)C(CC(C(=O)NCc1ccccc1)C(=O)NCc1ccccc1)C(=O)NCc1ccccc1. The summed E-state index contributed by atoms with van der Waals surface area (Å²) in [5.41, 5.74) is 3.43. The van der Waals surface area contributed by atoms with Gasteiger partial charge in [-0.05, 0) is 28.7 Å². The van der Waals surface area contributed by atoms with Crippen LogP contribution in [0.25, 0.3) is 0 Å². The molecule has 0 saturated heterocycles. The van der Waals surface area contributed by atoms with Crippen molar-refractivity contribution in [3.63, 3.8) is 0 Å². The normalized spacial score (nSPS) is 10.7. The first-order chi connectivity index (χ1) is 21.0. The van der Waals surface area contributed by atoms with Crippen LogP contribution in [0.15, 0.2) is 121 Å². The molecule has 0 atom stereocenters. The Morgan fingerprint density at radius 2 is 0.581 bits per heavy atom. The minimum Gasteiger partial charge on any atom is -0.351 e. The molecule has 0 aliphatic rings. The lowest BCUT2D eigenvalue weighted by molar-refractivity contribution is -0.139. The molecule has 4 aromatic carbocycles. The van der Waals surface area contributed by atoms with Crippen molar-refractivity contribution in [1.82, 2.24) is 21.3 Å². The Hall–Kier alpha value is -5.24. The van der Waals surface area contributed by atoms with E-state index in [2.05, 4.69) is 21.3 Å². The van der Waals surface area contributed by atoms with Gasteiger partial charge in [0.25, 0.3) is 0 Å². The van der Waals surface area contributed by atoms with E-state index in [4.69, 9.17) is 0 Å². The zero-order valence-electron chi connectivity index (χ0n) is 23.9. The zero-order chi connectivity index (χ0) is 30.3. The average molecular weight is 577 g/mol. The molecule has 0 aliphatic carbocycles. The lowest BCUT2D eigenvalue weighted by atomic mass is 9.91. The molecule has 220 valence electrons. The van der Waals surface area contributed by atoms with Crippen LogP contribution in [-0.4, -0.2) is 23.6 Å². The highest BCUT2D eigenvalue weighted by Gasteiger charge is 2.36. The molecule has 0 aromatic heterocycles. The van der Waals surface area contributed by atoms with Crippen molar-refractivity contribution in [2.24, 2.45) is 11.8 Å². The topological polar surface area (TPSA) is 116 Å². The van der Waals surface area contributed by atoms with Crippen LogP contribution in [0.4, 0.5) is 0 Å². The summed E-state index contributed by atoms with van der Waals surface area (Å²) in [4.78, 5) is 53.9. The lowest BCUT2D eigenvalue weighted by Gasteiger charge is -2.22. The molecular formula is C35H36N4O4. The second kappa shape index (κ2) is 16.3. The highest BCUT2D eigenvalue weighted by Crippen LogP contribution is 2.17. The van der Waals surface area contributed by atoms with E-state index in [9.17, 15) is 19.2 Å². The molecule has 0 aliphatic heterocycles. The molecule has 0 radical (unpaired) electrons. The number of hydrogen-bond acceptors (Lipinski definition) is 4. The molecule has 0 unspecified atom stereocenters. The van der Waals surface area contributed by atoms with E-state index in [-0.39, 0.29) is 32.6 Å². The Balaban J connectivity index is 1.52. The van der Waals surface area contributed by atoms with E-state index >= 15 is 0 Å². The van der Waals surface area contributed by atoms with Crippen molar-refractivity contribution < 1.29 is 19.2 Å². The summed E-state index contributed by atoms with van der Waals surface area (Å²) in [5, 5.41) is 11.3. The summed E-state index contributed by atoms with van der Waals surface area (Å²) in [5.74, 6) is -4.83. The van der Waals surface area contributed by atoms with E-state index in [1.54, 1.807) is 0 Å². The predicted molar refractivity (Wildman–Crippen MR) is 165 cm³/mol.